The zero-order chi connectivity index (χ0) is 33.0. The van der Waals surface area contributed by atoms with Crippen molar-refractivity contribution in [1.29, 1.82) is 0 Å². The average Bonchev–Trinajstić information content (AvgIpc) is 3.10. The molecule has 0 heterocycles. The maximum Gasteiger partial charge on any atom is -0.00250 e. The van der Waals surface area contributed by atoms with E-state index in [-0.39, 0.29) is 15.5 Å². The molecule has 1 aliphatic carbocycles. The first-order valence-electron chi connectivity index (χ1n) is 17.1. The Labute approximate surface area is 291 Å². The molecule has 3 heteroatoms. The number of rotatable bonds is 9. The van der Waals surface area contributed by atoms with Gasteiger partial charge in [-0.05, 0) is 90.3 Å². The SMILES string of the molecule is CC1(P(c2ccccc2)c2ccccc2)CC(C)(P(c2ccccc2)c2ccccc2)CC(C)(P(c2ccccc2)c2ccccc2)C1. The van der Waals surface area contributed by atoms with Gasteiger partial charge < -0.3 is 0 Å². The predicted molar refractivity (Wildman–Crippen MR) is 216 cm³/mol. The zero-order valence-electron chi connectivity index (χ0n) is 28.3. The summed E-state index contributed by atoms with van der Waals surface area (Å²) in [6.07, 6.45) is 3.52. The molecule has 0 radical (unpaired) electrons. The van der Waals surface area contributed by atoms with Gasteiger partial charge in [-0.1, -0.05) is 203 Å². The minimum Gasteiger partial charge on any atom is -0.0622 e. The molecule has 6 aromatic rings. The topological polar surface area (TPSA) is 0 Å². The van der Waals surface area contributed by atoms with Crippen molar-refractivity contribution < 1.29 is 0 Å². The fourth-order valence-electron chi connectivity index (χ4n) is 8.90. The Morgan fingerprint density at radius 3 is 0.562 bits per heavy atom. The van der Waals surface area contributed by atoms with Crippen molar-refractivity contribution in [3.05, 3.63) is 182 Å². The minimum atomic E-state index is -0.672. The lowest BCUT2D eigenvalue weighted by molar-refractivity contribution is 0.299. The van der Waals surface area contributed by atoms with Gasteiger partial charge in [-0.25, -0.2) is 0 Å². The fraction of sp³-hybridized carbons (Fsp3) is 0.200. The van der Waals surface area contributed by atoms with E-state index < -0.39 is 23.8 Å². The second-order valence-corrected chi connectivity index (χ2v) is 22.4. The predicted octanol–water partition coefficient (Wildman–Crippen LogP) is 9.85. The molecule has 0 unspecified atom stereocenters. The Kier molecular flexibility index (Phi) is 9.82. The van der Waals surface area contributed by atoms with Gasteiger partial charge >= 0.3 is 0 Å². The minimum absolute atomic E-state index is 0.0497. The van der Waals surface area contributed by atoms with Gasteiger partial charge in [-0.3, -0.25) is 0 Å². The van der Waals surface area contributed by atoms with Crippen molar-refractivity contribution in [2.24, 2.45) is 0 Å². The van der Waals surface area contributed by atoms with Gasteiger partial charge in [0.15, 0.2) is 0 Å². The zero-order valence-corrected chi connectivity index (χ0v) is 31.0. The molecule has 7 rings (SSSR count). The van der Waals surface area contributed by atoms with Crippen LogP contribution < -0.4 is 31.8 Å². The Morgan fingerprint density at radius 1 is 0.271 bits per heavy atom. The third-order valence-electron chi connectivity index (χ3n) is 9.99. The van der Waals surface area contributed by atoms with Gasteiger partial charge in [0.25, 0.3) is 0 Å². The highest BCUT2D eigenvalue weighted by molar-refractivity contribution is 7.76. The first-order valence-corrected chi connectivity index (χ1v) is 21.1. The normalized spacial score (nSPS) is 22.6. The van der Waals surface area contributed by atoms with Crippen LogP contribution in [-0.2, 0) is 0 Å². The van der Waals surface area contributed by atoms with Gasteiger partial charge in [0, 0.05) is 0 Å². The van der Waals surface area contributed by atoms with Crippen LogP contribution in [0.25, 0.3) is 0 Å². The highest BCUT2D eigenvalue weighted by Gasteiger charge is 2.57. The molecule has 1 aliphatic rings. The van der Waals surface area contributed by atoms with E-state index in [9.17, 15) is 0 Å². The lowest BCUT2D eigenvalue weighted by Gasteiger charge is -2.60. The van der Waals surface area contributed by atoms with E-state index in [1.807, 2.05) is 0 Å². The van der Waals surface area contributed by atoms with E-state index >= 15 is 0 Å². The Balaban J connectivity index is 1.49. The maximum atomic E-state index is 2.67. The van der Waals surface area contributed by atoms with E-state index in [0.29, 0.717) is 0 Å². The fourth-order valence-corrected chi connectivity index (χ4v) is 19.8. The van der Waals surface area contributed by atoms with Crippen molar-refractivity contribution in [1.82, 2.24) is 0 Å². The van der Waals surface area contributed by atoms with Gasteiger partial charge in [-0.15, -0.1) is 0 Å². The lowest BCUT2D eigenvalue weighted by Crippen LogP contribution is -2.55. The van der Waals surface area contributed by atoms with Crippen molar-refractivity contribution >= 4 is 55.6 Å². The molecule has 0 saturated heterocycles. The van der Waals surface area contributed by atoms with Crippen LogP contribution in [0.3, 0.4) is 0 Å². The van der Waals surface area contributed by atoms with E-state index in [2.05, 4.69) is 203 Å². The van der Waals surface area contributed by atoms with Crippen LogP contribution in [0.2, 0.25) is 0 Å². The molecule has 240 valence electrons. The second-order valence-electron chi connectivity index (χ2n) is 14.0. The second kappa shape index (κ2) is 14.2. The summed E-state index contributed by atoms with van der Waals surface area (Å²) in [4.78, 5) is 0. The summed E-state index contributed by atoms with van der Waals surface area (Å²) in [5.41, 5.74) is 0. The van der Waals surface area contributed by atoms with Crippen LogP contribution in [0.5, 0.6) is 0 Å². The number of benzene rings is 6. The molecule has 0 aliphatic heterocycles. The quantitative estimate of drug-likeness (QED) is 0.134. The van der Waals surface area contributed by atoms with E-state index in [0.717, 1.165) is 0 Å². The van der Waals surface area contributed by atoms with Crippen molar-refractivity contribution in [2.75, 3.05) is 0 Å². The molecular weight excluding hydrogens is 633 g/mol. The molecule has 0 spiro atoms. The van der Waals surface area contributed by atoms with Crippen LogP contribution in [-0.4, -0.2) is 15.5 Å². The third-order valence-corrected chi connectivity index (χ3v) is 19.1. The van der Waals surface area contributed by atoms with Crippen molar-refractivity contribution in [3.63, 3.8) is 0 Å². The first-order chi connectivity index (χ1) is 23.4. The smallest absolute Gasteiger partial charge is 0.00250 e. The molecule has 6 aromatic carbocycles. The highest BCUT2D eigenvalue weighted by atomic mass is 31.1. The van der Waals surface area contributed by atoms with Crippen molar-refractivity contribution in [3.8, 4) is 0 Å². The van der Waals surface area contributed by atoms with Crippen LogP contribution in [0, 0.1) is 0 Å². The van der Waals surface area contributed by atoms with E-state index in [4.69, 9.17) is 0 Å². The van der Waals surface area contributed by atoms with Crippen LogP contribution in [0.1, 0.15) is 40.0 Å². The molecule has 0 nitrogen and oxygen atoms in total. The summed E-state index contributed by atoms with van der Waals surface area (Å²) >= 11 is 0. The lowest BCUT2D eigenvalue weighted by atomic mass is 9.75. The molecule has 0 aromatic heterocycles. The summed E-state index contributed by atoms with van der Waals surface area (Å²) in [5.74, 6) is 0. The molecule has 1 fully saturated rings. The average molecular weight is 679 g/mol. The monoisotopic (exact) mass is 678 g/mol. The summed E-state index contributed by atoms with van der Waals surface area (Å²) in [6.45, 7) is 8.00. The molecule has 0 bridgehead atoms. The Bertz CT molecular complexity index is 1530. The summed E-state index contributed by atoms with van der Waals surface area (Å²) in [7, 11) is -2.02. The number of hydrogen-bond donors (Lipinski definition) is 0. The molecule has 1 saturated carbocycles. The third kappa shape index (κ3) is 6.74. The van der Waals surface area contributed by atoms with Gasteiger partial charge in [0.1, 0.15) is 0 Å². The highest BCUT2D eigenvalue weighted by Crippen LogP contribution is 2.71. The Morgan fingerprint density at radius 2 is 0.417 bits per heavy atom. The van der Waals surface area contributed by atoms with E-state index in [1.54, 1.807) is 0 Å². The standard InChI is InChI=1S/C45H45P3/c1-43(46(37-22-10-4-11-23-37)38-24-12-5-13-25-38)34-44(2,47(39-26-14-6-15-27-39)40-28-16-7-17-29-40)36-45(3,35-43)48(41-30-18-8-19-31-41)42-32-20-9-21-33-42/h4-33H,34-36H2,1-3H3. The first kappa shape index (κ1) is 33.1. The van der Waals surface area contributed by atoms with Crippen LogP contribution >= 0.6 is 23.8 Å². The summed E-state index contributed by atoms with van der Waals surface area (Å²) < 4.78 is 0. The molecule has 0 atom stereocenters. The van der Waals surface area contributed by atoms with Gasteiger partial charge in [0.05, 0.1) is 0 Å². The molecular formula is C45H45P3. The Hall–Kier alpha value is -3.39. The van der Waals surface area contributed by atoms with E-state index in [1.165, 1.54) is 51.1 Å². The largest absolute Gasteiger partial charge is 0.0622 e. The van der Waals surface area contributed by atoms with Crippen molar-refractivity contribution in [2.45, 2.75) is 55.5 Å². The van der Waals surface area contributed by atoms with Gasteiger partial charge in [0.2, 0.25) is 0 Å². The summed E-state index contributed by atoms with van der Waals surface area (Å²) in [5, 5.41) is 9.07. The van der Waals surface area contributed by atoms with Crippen LogP contribution in [0.4, 0.5) is 0 Å². The molecule has 0 N–H and O–H groups in total. The molecule has 0 amide bonds. The molecule has 48 heavy (non-hydrogen) atoms. The van der Waals surface area contributed by atoms with Crippen LogP contribution in [0.15, 0.2) is 182 Å². The maximum absolute atomic E-state index is 2.67. The van der Waals surface area contributed by atoms with Gasteiger partial charge in [-0.2, -0.15) is 0 Å². The number of hydrogen-bond acceptors (Lipinski definition) is 0. The summed E-state index contributed by atoms with van der Waals surface area (Å²) in [6, 6.07) is 68.9.